The van der Waals surface area contributed by atoms with Crippen LogP contribution in [0.15, 0.2) is 22.4 Å². The second kappa shape index (κ2) is 7.68. The van der Waals surface area contributed by atoms with Gasteiger partial charge in [-0.1, -0.05) is 0 Å². The molecule has 2 fully saturated rings. The van der Waals surface area contributed by atoms with Crippen LogP contribution in [0.5, 0.6) is 0 Å². The molecule has 0 aromatic carbocycles. The van der Waals surface area contributed by atoms with Crippen molar-refractivity contribution in [1.82, 2.24) is 29.8 Å². The van der Waals surface area contributed by atoms with E-state index in [0.29, 0.717) is 44.1 Å². The molecule has 4 rings (SSSR count). The van der Waals surface area contributed by atoms with Gasteiger partial charge < -0.3 is 10.2 Å². The number of rotatable bonds is 5. The number of hydrogen-bond donors (Lipinski definition) is 2. The van der Waals surface area contributed by atoms with Crippen molar-refractivity contribution < 1.29 is 14.4 Å². The number of carbonyl (C=O) groups is 3. The van der Waals surface area contributed by atoms with Crippen LogP contribution >= 0.6 is 11.3 Å². The maximum Gasteiger partial charge on any atom is 0.322 e. The van der Waals surface area contributed by atoms with Crippen LogP contribution in [0.25, 0.3) is 4.96 Å². The number of nitrogens with one attached hydrogen (secondary N) is 2. The monoisotopic (exact) mass is 404 g/mol. The number of carbonyl (C=O) groups excluding carboxylic acids is 3. The highest BCUT2D eigenvalue weighted by atomic mass is 32.1. The topological polar surface area (TPSA) is 116 Å². The van der Waals surface area contributed by atoms with Gasteiger partial charge in [0.2, 0.25) is 5.91 Å². The van der Waals surface area contributed by atoms with Crippen LogP contribution in [-0.4, -0.2) is 69.3 Å². The van der Waals surface area contributed by atoms with E-state index in [1.54, 1.807) is 17.2 Å². The third kappa shape index (κ3) is 3.90. The molecule has 2 saturated heterocycles. The molecule has 28 heavy (non-hydrogen) atoms. The number of nitrogens with zero attached hydrogens (tertiary/aromatic N) is 4. The molecule has 0 unspecified atom stereocenters. The smallest absolute Gasteiger partial charge is 0.322 e. The molecular formula is C17H20N6O4S. The van der Waals surface area contributed by atoms with Crippen molar-refractivity contribution in [2.24, 2.45) is 0 Å². The lowest BCUT2D eigenvalue weighted by molar-refractivity contribution is -0.133. The molecule has 0 bridgehead atoms. The Hall–Kier alpha value is -2.79. The Labute approximate surface area is 164 Å². The number of amides is 4. The number of hydrogen-bond acceptors (Lipinski definition) is 7. The highest BCUT2D eigenvalue weighted by Gasteiger charge is 2.30. The molecule has 1 atom stereocenters. The second-order valence-electron chi connectivity index (χ2n) is 6.85. The first-order valence-electron chi connectivity index (χ1n) is 9.07. The predicted molar refractivity (Wildman–Crippen MR) is 101 cm³/mol. The lowest BCUT2D eigenvalue weighted by Gasteiger charge is -2.34. The van der Waals surface area contributed by atoms with Crippen LogP contribution < -0.4 is 16.2 Å². The Morgan fingerprint density at radius 2 is 2.00 bits per heavy atom. The quantitative estimate of drug-likeness (QED) is 0.642. The number of fused-ring (bicyclic) bond motifs is 1. The molecule has 4 heterocycles. The molecule has 2 aliphatic heterocycles. The van der Waals surface area contributed by atoms with Gasteiger partial charge in [-0.3, -0.25) is 29.0 Å². The van der Waals surface area contributed by atoms with E-state index < -0.39 is 12.1 Å². The summed E-state index contributed by atoms with van der Waals surface area (Å²) in [5.41, 5.74) is 0.647. The maximum absolute atomic E-state index is 12.4. The van der Waals surface area contributed by atoms with Crippen molar-refractivity contribution >= 4 is 34.1 Å². The van der Waals surface area contributed by atoms with E-state index in [2.05, 4.69) is 20.5 Å². The van der Waals surface area contributed by atoms with Gasteiger partial charge in [0, 0.05) is 56.8 Å². The fourth-order valence-electron chi connectivity index (χ4n) is 3.44. The van der Waals surface area contributed by atoms with Crippen LogP contribution in [0.2, 0.25) is 0 Å². The van der Waals surface area contributed by atoms with Gasteiger partial charge in [-0.25, -0.2) is 9.78 Å². The van der Waals surface area contributed by atoms with Crippen molar-refractivity contribution in [1.29, 1.82) is 0 Å². The highest BCUT2D eigenvalue weighted by Crippen LogP contribution is 2.12. The van der Waals surface area contributed by atoms with Crippen LogP contribution in [0, 0.1) is 0 Å². The van der Waals surface area contributed by atoms with Crippen LogP contribution in [0.3, 0.4) is 0 Å². The SMILES string of the molecule is O=C1NC(=O)[C@@H](CCC(=O)N2CCN(Cc3cc(=O)n4ccsc4n3)CC2)N1. The molecule has 4 amide bonds. The summed E-state index contributed by atoms with van der Waals surface area (Å²) in [6.07, 6.45) is 2.22. The molecule has 2 aromatic rings. The van der Waals surface area contributed by atoms with E-state index in [9.17, 15) is 19.2 Å². The minimum Gasteiger partial charge on any atom is -0.340 e. The van der Waals surface area contributed by atoms with Crippen LogP contribution in [0.4, 0.5) is 4.79 Å². The lowest BCUT2D eigenvalue weighted by Crippen LogP contribution is -2.48. The zero-order valence-electron chi connectivity index (χ0n) is 15.1. The van der Waals surface area contributed by atoms with Crippen LogP contribution in [0.1, 0.15) is 18.5 Å². The fraction of sp³-hybridized carbons (Fsp3) is 0.471. The average molecular weight is 404 g/mol. The molecule has 0 aliphatic carbocycles. The summed E-state index contributed by atoms with van der Waals surface area (Å²) < 4.78 is 1.53. The lowest BCUT2D eigenvalue weighted by atomic mass is 10.1. The van der Waals surface area contributed by atoms with Gasteiger partial charge in [0.25, 0.3) is 11.5 Å². The van der Waals surface area contributed by atoms with Crippen LogP contribution in [-0.2, 0) is 16.1 Å². The van der Waals surface area contributed by atoms with Gasteiger partial charge in [0.15, 0.2) is 4.96 Å². The minimum absolute atomic E-state index is 0.0232. The molecule has 11 heteroatoms. The van der Waals surface area contributed by atoms with Crippen molar-refractivity contribution in [2.45, 2.75) is 25.4 Å². The highest BCUT2D eigenvalue weighted by molar-refractivity contribution is 7.15. The normalized spacial score (nSPS) is 20.4. The summed E-state index contributed by atoms with van der Waals surface area (Å²) in [7, 11) is 0. The van der Waals surface area contributed by atoms with Gasteiger partial charge in [0.1, 0.15) is 6.04 Å². The number of thiazole rings is 1. The molecule has 10 nitrogen and oxygen atoms in total. The second-order valence-corrected chi connectivity index (χ2v) is 7.73. The maximum atomic E-state index is 12.4. The Bertz CT molecular complexity index is 977. The van der Waals surface area contributed by atoms with Crippen molar-refractivity contribution in [3.8, 4) is 0 Å². The van der Waals surface area contributed by atoms with Gasteiger partial charge in [-0.15, -0.1) is 11.3 Å². The molecule has 2 aromatic heterocycles. The molecule has 2 N–H and O–H groups in total. The molecule has 2 aliphatic rings. The summed E-state index contributed by atoms with van der Waals surface area (Å²) in [4.78, 5) is 56.2. The Morgan fingerprint density at radius 1 is 1.21 bits per heavy atom. The van der Waals surface area contributed by atoms with Crippen molar-refractivity contribution in [3.05, 3.63) is 33.7 Å². The number of aromatic nitrogens is 2. The molecule has 0 radical (unpaired) electrons. The Morgan fingerprint density at radius 3 is 2.71 bits per heavy atom. The van der Waals surface area contributed by atoms with E-state index >= 15 is 0 Å². The predicted octanol–water partition coefficient (Wildman–Crippen LogP) is -0.612. The van der Waals surface area contributed by atoms with E-state index in [-0.39, 0.29) is 23.8 Å². The van der Waals surface area contributed by atoms with Crippen molar-refractivity contribution in [2.75, 3.05) is 26.2 Å². The summed E-state index contributed by atoms with van der Waals surface area (Å²) in [6.45, 7) is 3.13. The Kier molecular flexibility index (Phi) is 5.09. The van der Waals surface area contributed by atoms with Crippen molar-refractivity contribution in [3.63, 3.8) is 0 Å². The summed E-state index contributed by atoms with van der Waals surface area (Å²) in [6, 6.07) is 0.415. The molecular weight excluding hydrogens is 384 g/mol. The number of imide groups is 1. The van der Waals surface area contributed by atoms with E-state index in [1.807, 2.05) is 5.38 Å². The van der Waals surface area contributed by atoms with Gasteiger partial charge >= 0.3 is 6.03 Å². The molecule has 0 spiro atoms. The van der Waals surface area contributed by atoms with E-state index in [0.717, 1.165) is 5.69 Å². The van der Waals surface area contributed by atoms with E-state index in [4.69, 9.17) is 0 Å². The Balaban J connectivity index is 1.27. The zero-order chi connectivity index (χ0) is 19.7. The van der Waals surface area contributed by atoms with Gasteiger partial charge in [0.05, 0.1) is 5.69 Å². The van der Waals surface area contributed by atoms with Gasteiger partial charge in [-0.2, -0.15) is 0 Å². The number of urea groups is 1. The van der Waals surface area contributed by atoms with E-state index in [1.165, 1.54) is 15.7 Å². The number of piperazine rings is 1. The standard InChI is InChI=1S/C17H20N6O4S/c24-13(2-1-12-15(26)20-16(27)19-12)22-5-3-21(4-6-22)10-11-9-14(25)23-7-8-28-17(23)18-11/h7-9,12H,1-6,10H2,(H2,19,20,26,27)/t12-/m1/s1. The fourth-order valence-corrected chi connectivity index (χ4v) is 4.18. The average Bonchev–Trinajstić information content (AvgIpc) is 3.26. The third-order valence-electron chi connectivity index (χ3n) is 4.97. The third-order valence-corrected chi connectivity index (χ3v) is 5.73. The minimum atomic E-state index is -0.630. The first kappa shape index (κ1) is 18.6. The first-order valence-corrected chi connectivity index (χ1v) is 9.95. The zero-order valence-corrected chi connectivity index (χ0v) is 15.9. The summed E-state index contributed by atoms with van der Waals surface area (Å²) >= 11 is 1.42. The first-order chi connectivity index (χ1) is 13.5. The largest absolute Gasteiger partial charge is 0.340 e. The van der Waals surface area contributed by atoms with Gasteiger partial charge in [-0.05, 0) is 6.42 Å². The molecule has 0 saturated carbocycles. The summed E-state index contributed by atoms with van der Waals surface area (Å²) in [5, 5.41) is 6.49. The summed E-state index contributed by atoms with van der Waals surface area (Å²) in [5.74, 6) is -0.404. The molecule has 148 valence electrons.